The summed E-state index contributed by atoms with van der Waals surface area (Å²) >= 11 is 0. The third-order valence-electron chi connectivity index (χ3n) is 2.87. The van der Waals surface area contributed by atoms with Gasteiger partial charge in [-0.3, -0.25) is 0 Å². The van der Waals surface area contributed by atoms with Crippen molar-refractivity contribution in [2.24, 2.45) is 11.7 Å². The van der Waals surface area contributed by atoms with E-state index in [-0.39, 0.29) is 17.5 Å². The van der Waals surface area contributed by atoms with E-state index in [1.807, 2.05) is 0 Å². The van der Waals surface area contributed by atoms with Crippen LogP contribution >= 0.6 is 0 Å². The van der Waals surface area contributed by atoms with Crippen molar-refractivity contribution in [3.05, 3.63) is 0 Å². The molecule has 0 spiro atoms. The Morgan fingerprint density at radius 1 is 1.23 bits per heavy atom. The Morgan fingerprint density at radius 3 is 2.23 bits per heavy atom. The van der Waals surface area contributed by atoms with Crippen LogP contribution in [0.2, 0.25) is 0 Å². The van der Waals surface area contributed by atoms with Crippen LogP contribution in [0, 0.1) is 5.92 Å². The molecule has 78 valence electrons. The highest BCUT2D eigenvalue weighted by Crippen LogP contribution is 2.28. The summed E-state index contributed by atoms with van der Waals surface area (Å²) in [7, 11) is -2.88. The van der Waals surface area contributed by atoms with Crippen LogP contribution in [0.3, 0.4) is 0 Å². The first kappa shape index (κ1) is 11.0. The molecule has 0 aliphatic heterocycles. The molecule has 0 bridgehead atoms. The van der Waals surface area contributed by atoms with Crippen LogP contribution in [0.1, 0.15) is 32.6 Å². The molecule has 0 aromatic carbocycles. The van der Waals surface area contributed by atoms with Crippen molar-refractivity contribution in [2.75, 3.05) is 12.3 Å². The molecule has 0 saturated heterocycles. The molecule has 1 rings (SSSR count). The molecule has 2 N–H and O–H groups in total. The normalized spacial score (nSPS) is 30.3. The van der Waals surface area contributed by atoms with Crippen LogP contribution in [0.25, 0.3) is 0 Å². The summed E-state index contributed by atoms with van der Waals surface area (Å²) in [6.07, 6.45) is 3.77. The standard InChI is InChI=1S/C9H19NO2S/c1-8-2-4-9(5-3-8)13(11,12)7-6-10/h8-9H,2-7,10H2,1H3. The number of rotatable bonds is 3. The molecule has 0 heterocycles. The highest BCUT2D eigenvalue weighted by Gasteiger charge is 2.28. The van der Waals surface area contributed by atoms with Crippen LogP contribution in [-0.2, 0) is 9.84 Å². The molecule has 0 radical (unpaired) electrons. The van der Waals surface area contributed by atoms with Gasteiger partial charge in [0, 0.05) is 6.54 Å². The SMILES string of the molecule is CC1CCC(S(=O)(=O)CCN)CC1. The van der Waals surface area contributed by atoms with Crippen molar-refractivity contribution < 1.29 is 8.42 Å². The molecule has 0 aromatic heterocycles. The fourth-order valence-corrected chi connectivity index (χ4v) is 3.57. The molecule has 1 fully saturated rings. The molecule has 0 atom stereocenters. The molecular weight excluding hydrogens is 186 g/mol. The lowest BCUT2D eigenvalue weighted by Crippen LogP contribution is -2.30. The van der Waals surface area contributed by atoms with Crippen molar-refractivity contribution in [2.45, 2.75) is 37.9 Å². The van der Waals surface area contributed by atoms with Gasteiger partial charge in [0.2, 0.25) is 0 Å². The van der Waals surface area contributed by atoms with E-state index in [1.54, 1.807) is 0 Å². The molecule has 4 heteroatoms. The summed E-state index contributed by atoms with van der Waals surface area (Å²) in [5.41, 5.74) is 5.27. The second kappa shape index (κ2) is 4.42. The van der Waals surface area contributed by atoms with Crippen LogP contribution in [0.15, 0.2) is 0 Å². The van der Waals surface area contributed by atoms with Gasteiger partial charge >= 0.3 is 0 Å². The van der Waals surface area contributed by atoms with Gasteiger partial charge < -0.3 is 5.73 Å². The Balaban J connectivity index is 2.53. The second-order valence-corrected chi connectivity index (χ2v) is 6.44. The number of hydrogen-bond acceptors (Lipinski definition) is 3. The zero-order valence-corrected chi connectivity index (χ0v) is 9.02. The fourth-order valence-electron chi connectivity index (χ4n) is 1.92. The van der Waals surface area contributed by atoms with E-state index in [2.05, 4.69) is 6.92 Å². The maximum Gasteiger partial charge on any atom is 0.154 e. The first-order valence-electron chi connectivity index (χ1n) is 4.98. The maximum atomic E-state index is 11.6. The molecule has 1 aliphatic rings. The number of sulfone groups is 1. The molecule has 1 aliphatic carbocycles. The Hall–Kier alpha value is -0.0900. The van der Waals surface area contributed by atoms with Crippen molar-refractivity contribution in [3.63, 3.8) is 0 Å². The summed E-state index contributed by atoms with van der Waals surface area (Å²) < 4.78 is 23.2. The molecular formula is C9H19NO2S. The van der Waals surface area contributed by atoms with Crippen molar-refractivity contribution in [1.82, 2.24) is 0 Å². The predicted octanol–water partition coefficient (Wildman–Crippen LogP) is 0.939. The monoisotopic (exact) mass is 205 g/mol. The minimum Gasteiger partial charge on any atom is -0.329 e. The minimum atomic E-state index is -2.88. The molecule has 1 saturated carbocycles. The quantitative estimate of drug-likeness (QED) is 0.746. The van der Waals surface area contributed by atoms with Gasteiger partial charge in [0.1, 0.15) is 0 Å². The molecule has 0 aromatic rings. The van der Waals surface area contributed by atoms with Crippen molar-refractivity contribution in [1.29, 1.82) is 0 Å². The highest BCUT2D eigenvalue weighted by atomic mass is 32.2. The third kappa shape index (κ3) is 2.95. The summed E-state index contributed by atoms with van der Waals surface area (Å²) in [4.78, 5) is 0. The van der Waals surface area contributed by atoms with Gasteiger partial charge in [-0.15, -0.1) is 0 Å². The molecule has 0 unspecified atom stereocenters. The summed E-state index contributed by atoms with van der Waals surface area (Å²) in [5, 5.41) is -0.104. The number of hydrogen-bond donors (Lipinski definition) is 1. The minimum absolute atomic E-state index is 0.104. The van der Waals surface area contributed by atoms with E-state index in [0.29, 0.717) is 5.92 Å². The highest BCUT2D eigenvalue weighted by molar-refractivity contribution is 7.92. The Labute approximate surface area is 80.6 Å². The Morgan fingerprint density at radius 2 is 1.77 bits per heavy atom. The van der Waals surface area contributed by atoms with E-state index < -0.39 is 9.84 Å². The molecule has 3 nitrogen and oxygen atoms in total. The van der Waals surface area contributed by atoms with Crippen molar-refractivity contribution in [3.8, 4) is 0 Å². The first-order chi connectivity index (χ1) is 6.06. The van der Waals surface area contributed by atoms with Gasteiger partial charge in [0.05, 0.1) is 11.0 Å². The first-order valence-corrected chi connectivity index (χ1v) is 6.69. The topological polar surface area (TPSA) is 60.2 Å². The van der Waals surface area contributed by atoms with E-state index in [9.17, 15) is 8.42 Å². The van der Waals surface area contributed by atoms with E-state index in [4.69, 9.17) is 5.73 Å². The maximum absolute atomic E-state index is 11.6. The smallest absolute Gasteiger partial charge is 0.154 e. The zero-order chi connectivity index (χ0) is 9.90. The van der Waals surface area contributed by atoms with Crippen molar-refractivity contribution >= 4 is 9.84 Å². The zero-order valence-electron chi connectivity index (χ0n) is 8.20. The predicted molar refractivity (Wildman–Crippen MR) is 54.3 cm³/mol. The fraction of sp³-hybridized carbons (Fsp3) is 1.00. The van der Waals surface area contributed by atoms with E-state index >= 15 is 0 Å². The Bertz CT molecular complexity index is 240. The Kier molecular flexibility index (Phi) is 3.74. The van der Waals surface area contributed by atoms with E-state index in [1.165, 1.54) is 0 Å². The lowest BCUT2D eigenvalue weighted by Gasteiger charge is -2.25. The lowest BCUT2D eigenvalue weighted by atomic mass is 9.91. The average molecular weight is 205 g/mol. The lowest BCUT2D eigenvalue weighted by molar-refractivity contribution is 0.382. The average Bonchev–Trinajstić information content (AvgIpc) is 2.05. The third-order valence-corrected chi connectivity index (χ3v) is 5.16. The van der Waals surface area contributed by atoms with Crippen LogP contribution in [-0.4, -0.2) is 26.0 Å². The van der Waals surface area contributed by atoms with Crippen LogP contribution < -0.4 is 5.73 Å². The second-order valence-electron chi connectivity index (χ2n) is 4.04. The van der Waals surface area contributed by atoms with Gasteiger partial charge in [-0.25, -0.2) is 8.42 Å². The van der Waals surface area contributed by atoms with Crippen LogP contribution in [0.5, 0.6) is 0 Å². The van der Waals surface area contributed by atoms with Gasteiger partial charge in [0.15, 0.2) is 9.84 Å². The van der Waals surface area contributed by atoms with Gasteiger partial charge in [0.25, 0.3) is 0 Å². The number of nitrogens with two attached hydrogens (primary N) is 1. The van der Waals surface area contributed by atoms with Crippen LogP contribution in [0.4, 0.5) is 0 Å². The molecule has 0 amide bonds. The largest absolute Gasteiger partial charge is 0.329 e. The summed E-state index contributed by atoms with van der Waals surface area (Å²) in [5.74, 6) is 0.857. The van der Waals surface area contributed by atoms with E-state index in [0.717, 1.165) is 25.7 Å². The van der Waals surface area contributed by atoms with Gasteiger partial charge in [-0.2, -0.15) is 0 Å². The summed E-state index contributed by atoms with van der Waals surface area (Å²) in [6, 6.07) is 0. The summed E-state index contributed by atoms with van der Waals surface area (Å²) in [6.45, 7) is 2.44. The van der Waals surface area contributed by atoms with Gasteiger partial charge in [-0.1, -0.05) is 6.92 Å². The molecule has 13 heavy (non-hydrogen) atoms. The van der Waals surface area contributed by atoms with Gasteiger partial charge in [-0.05, 0) is 31.6 Å².